The summed E-state index contributed by atoms with van der Waals surface area (Å²) in [5, 5.41) is 22.9. The lowest BCUT2D eigenvalue weighted by Gasteiger charge is -2.17. The summed E-state index contributed by atoms with van der Waals surface area (Å²) in [5.74, 6) is 0.227. The van der Waals surface area contributed by atoms with E-state index < -0.39 is 5.97 Å². The summed E-state index contributed by atoms with van der Waals surface area (Å²) in [6, 6.07) is 13.8. The number of esters is 1. The molecule has 1 heterocycles. The lowest BCUT2D eigenvalue weighted by atomic mass is 9.96. The van der Waals surface area contributed by atoms with Crippen molar-refractivity contribution in [1.29, 1.82) is 10.5 Å². The average molecular weight is 548 g/mol. The summed E-state index contributed by atoms with van der Waals surface area (Å²) in [7, 11) is 5.63. The van der Waals surface area contributed by atoms with Crippen LogP contribution in [0.1, 0.15) is 27.9 Å². The molecule has 11 nitrogen and oxygen atoms in total. The Bertz CT molecular complexity index is 1470. The van der Waals surface area contributed by atoms with E-state index in [1.165, 1.54) is 28.4 Å². The molecule has 0 aliphatic heterocycles. The zero-order valence-corrected chi connectivity index (χ0v) is 22.5. The highest BCUT2D eigenvalue weighted by Crippen LogP contribution is 2.44. The van der Waals surface area contributed by atoms with Crippen LogP contribution in [0.4, 0.5) is 11.5 Å². The third-order valence-electron chi connectivity index (χ3n) is 5.54. The smallest absolute Gasteiger partial charge is 0.339 e. The van der Waals surface area contributed by atoms with E-state index in [0.29, 0.717) is 28.5 Å². The van der Waals surface area contributed by atoms with Crippen LogP contribution < -0.4 is 25.3 Å². The Morgan fingerprint density at radius 1 is 1.00 bits per heavy atom. The SMILES string of the molecule is COC(=O)c1ccccc1NC(=O)CCSc1nc(N)c(C#N)c(-c2cc(OC)c(OC)c(OC)c2)c1C#N. The summed E-state index contributed by atoms with van der Waals surface area (Å²) in [6.07, 6.45) is 0.0339. The number of nitrogens with one attached hydrogen (secondary N) is 1. The van der Waals surface area contributed by atoms with Gasteiger partial charge in [0.15, 0.2) is 11.5 Å². The standard InChI is InChI=1S/C27H25N5O6S/c1-35-20-11-15(12-21(36-2)24(20)37-3)23-17(13-28)25(30)32-26(18(23)14-29)39-10-9-22(33)31-19-8-6-5-7-16(19)27(34)38-4/h5-8,11-12H,9-10H2,1-4H3,(H2,30,32)(H,31,33). The molecule has 1 aromatic heterocycles. The van der Waals surface area contributed by atoms with Gasteiger partial charge in [0.05, 0.1) is 45.3 Å². The normalized spacial score (nSPS) is 10.1. The highest BCUT2D eigenvalue weighted by molar-refractivity contribution is 7.99. The van der Waals surface area contributed by atoms with Gasteiger partial charge in [0.25, 0.3) is 0 Å². The number of thioether (sulfide) groups is 1. The molecule has 0 aliphatic rings. The van der Waals surface area contributed by atoms with Crippen LogP contribution in [0.5, 0.6) is 17.2 Å². The second kappa shape index (κ2) is 13.0. The zero-order chi connectivity index (χ0) is 28.5. The number of aromatic nitrogens is 1. The Kier molecular flexibility index (Phi) is 9.57. The lowest BCUT2D eigenvalue weighted by Crippen LogP contribution is -2.15. The topological polar surface area (TPSA) is 170 Å². The summed E-state index contributed by atoms with van der Waals surface area (Å²) in [6.45, 7) is 0. The van der Waals surface area contributed by atoms with Crippen LogP contribution in [-0.4, -0.2) is 51.1 Å². The molecule has 3 N–H and O–H groups in total. The minimum Gasteiger partial charge on any atom is -0.493 e. The fourth-order valence-corrected chi connectivity index (χ4v) is 4.69. The van der Waals surface area contributed by atoms with Gasteiger partial charge in [-0.3, -0.25) is 4.79 Å². The summed E-state index contributed by atoms with van der Waals surface area (Å²) >= 11 is 1.13. The Balaban J connectivity index is 1.92. The van der Waals surface area contributed by atoms with E-state index in [1.807, 2.05) is 6.07 Å². The molecule has 3 rings (SSSR count). The van der Waals surface area contributed by atoms with Crippen LogP contribution in [0.15, 0.2) is 41.4 Å². The summed E-state index contributed by atoms with van der Waals surface area (Å²) in [4.78, 5) is 28.8. The molecule has 0 atom stereocenters. The predicted octanol–water partition coefficient (Wildman–Crippen LogP) is 4.01. The molecule has 0 fully saturated rings. The van der Waals surface area contributed by atoms with Gasteiger partial charge in [-0.2, -0.15) is 10.5 Å². The van der Waals surface area contributed by atoms with E-state index in [-0.39, 0.29) is 51.2 Å². The molecule has 12 heteroatoms. The number of hydrogen-bond acceptors (Lipinski definition) is 11. The molecule has 0 saturated carbocycles. The number of carbonyl (C=O) groups excluding carboxylic acids is 2. The van der Waals surface area contributed by atoms with Crippen LogP contribution >= 0.6 is 11.8 Å². The highest BCUT2D eigenvalue weighted by atomic mass is 32.2. The first-order chi connectivity index (χ1) is 18.8. The summed E-state index contributed by atoms with van der Waals surface area (Å²) < 4.78 is 21.0. The van der Waals surface area contributed by atoms with E-state index in [1.54, 1.807) is 36.4 Å². The number of nitrogen functional groups attached to an aromatic ring is 1. The molecule has 0 aliphatic carbocycles. The fourth-order valence-electron chi connectivity index (χ4n) is 3.75. The quantitative estimate of drug-likeness (QED) is 0.278. The first kappa shape index (κ1) is 28.6. The van der Waals surface area contributed by atoms with Gasteiger partial charge in [0.2, 0.25) is 11.7 Å². The second-order valence-corrected chi connectivity index (χ2v) is 8.83. The maximum atomic E-state index is 12.6. The Morgan fingerprint density at radius 2 is 1.64 bits per heavy atom. The van der Waals surface area contributed by atoms with Gasteiger partial charge < -0.3 is 30.0 Å². The first-order valence-corrected chi connectivity index (χ1v) is 12.4. The van der Waals surface area contributed by atoms with Crippen LogP contribution in [0.25, 0.3) is 11.1 Å². The van der Waals surface area contributed by atoms with Crippen molar-refractivity contribution in [2.45, 2.75) is 11.4 Å². The van der Waals surface area contributed by atoms with Gasteiger partial charge in [-0.1, -0.05) is 12.1 Å². The van der Waals surface area contributed by atoms with Crippen molar-refractivity contribution < 1.29 is 28.5 Å². The van der Waals surface area contributed by atoms with Gasteiger partial charge >= 0.3 is 5.97 Å². The number of nitrogens with two attached hydrogens (primary N) is 1. The van der Waals surface area contributed by atoms with Gasteiger partial charge in [-0.25, -0.2) is 9.78 Å². The second-order valence-electron chi connectivity index (χ2n) is 7.75. The number of para-hydroxylation sites is 1. The van der Waals surface area contributed by atoms with Crippen LogP contribution in [-0.2, 0) is 9.53 Å². The number of anilines is 2. The van der Waals surface area contributed by atoms with E-state index in [0.717, 1.165) is 11.8 Å². The maximum absolute atomic E-state index is 12.6. The Labute approximate surface area is 229 Å². The molecule has 0 bridgehead atoms. The number of methoxy groups -OCH3 is 4. The van der Waals surface area contributed by atoms with Crippen molar-refractivity contribution in [1.82, 2.24) is 4.98 Å². The maximum Gasteiger partial charge on any atom is 0.339 e. The van der Waals surface area contributed by atoms with Crippen LogP contribution in [0.2, 0.25) is 0 Å². The first-order valence-electron chi connectivity index (χ1n) is 11.4. The number of pyridine rings is 1. The van der Waals surface area contributed by atoms with E-state index in [4.69, 9.17) is 24.7 Å². The summed E-state index contributed by atoms with van der Waals surface area (Å²) in [5.41, 5.74) is 7.48. The molecule has 3 aromatic rings. The third-order valence-corrected chi connectivity index (χ3v) is 6.52. The number of hydrogen-bond donors (Lipinski definition) is 2. The van der Waals surface area contributed by atoms with Gasteiger partial charge in [-0.05, 0) is 29.8 Å². The van der Waals surface area contributed by atoms with Crippen LogP contribution in [0, 0.1) is 22.7 Å². The monoisotopic (exact) mass is 547 g/mol. The van der Waals surface area contributed by atoms with Crippen molar-refractivity contribution in [3.05, 3.63) is 53.1 Å². The van der Waals surface area contributed by atoms with Gasteiger partial charge in [0, 0.05) is 17.7 Å². The molecule has 0 radical (unpaired) electrons. The van der Waals surface area contributed by atoms with E-state index >= 15 is 0 Å². The zero-order valence-electron chi connectivity index (χ0n) is 21.7. The molecule has 0 unspecified atom stereocenters. The molecular weight excluding hydrogens is 522 g/mol. The van der Waals surface area contributed by atoms with Crippen molar-refractivity contribution in [3.63, 3.8) is 0 Å². The molecule has 0 spiro atoms. The predicted molar refractivity (Wildman–Crippen MR) is 145 cm³/mol. The van der Waals surface area contributed by atoms with Crippen molar-refractivity contribution in [2.75, 3.05) is 45.2 Å². The number of amides is 1. The number of nitriles is 2. The molecule has 2 aromatic carbocycles. The van der Waals surface area contributed by atoms with Gasteiger partial charge in [-0.15, -0.1) is 11.8 Å². The van der Waals surface area contributed by atoms with E-state index in [9.17, 15) is 20.1 Å². The molecule has 39 heavy (non-hydrogen) atoms. The number of benzene rings is 2. The number of rotatable bonds is 10. The fraction of sp³-hybridized carbons (Fsp3) is 0.222. The largest absolute Gasteiger partial charge is 0.493 e. The number of ether oxygens (including phenoxy) is 4. The highest BCUT2D eigenvalue weighted by Gasteiger charge is 2.24. The minimum absolute atomic E-state index is 0.0160. The lowest BCUT2D eigenvalue weighted by molar-refractivity contribution is -0.115. The third kappa shape index (κ3) is 6.14. The average Bonchev–Trinajstić information content (AvgIpc) is 2.95. The van der Waals surface area contributed by atoms with E-state index in [2.05, 4.69) is 16.4 Å². The number of carbonyl (C=O) groups is 2. The molecule has 1 amide bonds. The van der Waals surface area contributed by atoms with Crippen molar-refractivity contribution >= 4 is 35.1 Å². The van der Waals surface area contributed by atoms with Gasteiger partial charge in [0.1, 0.15) is 28.5 Å². The molecule has 200 valence electrons. The van der Waals surface area contributed by atoms with Crippen molar-refractivity contribution in [3.8, 4) is 40.5 Å². The Hall–Kier alpha value is -4.94. The number of nitrogens with zero attached hydrogens (tertiary/aromatic N) is 3. The van der Waals surface area contributed by atoms with Crippen LogP contribution in [0.3, 0.4) is 0 Å². The molecule has 0 saturated heterocycles. The van der Waals surface area contributed by atoms with Crippen molar-refractivity contribution in [2.24, 2.45) is 0 Å². The Morgan fingerprint density at radius 3 is 2.21 bits per heavy atom. The molecular formula is C27H25N5O6S. The minimum atomic E-state index is -0.574.